The summed E-state index contributed by atoms with van der Waals surface area (Å²) in [6, 6.07) is 6.50. The van der Waals surface area contributed by atoms with Crippen LogP contribution in [-0.2, 0) is 0 Å². The summed E-state index contributed by atoms with van der Waals surface area (Å²) in [6.07, 6.45) is 1.22. The van der Waals surface area contributed by atoms with Gasteiger partial charge in [0, 0.05) is 17.4 Å². The number of Topliss-reactive ketones (excluding diaryl/α,β-unsaturated/α-hetero) is 1. The molecule has 0 saturated carbocycles. The summed E-state index contributed by atoms with van der Waals surface area (Å²) < 4.78 is 0. The molecule has 0 fully saturated rings. The molecule has 1 amide bonds. The molecule has 0 aliphatic heterocycles. The van der Waals surface area contributed by atoms with E-state index in [2.05, 4.69) is 15.3 Å². The standard InChI is InChI=1S/C14H13N3O3/c1-8(18)10-4-3-5-11(6-10)17-14(20)12-7-15-9(2)16-13(12)19/h3-7H,1-2H3,(H,17,20)(H,15,16,19). The highest BCUT2D eigenvalue weighted by atomic mass is 16.2. The van der Waals surface area contributed by atoms with E-state index in [9.17, 15) is 14.4 Å². The van der Waals surface area contributed by atoms with E-state index in [1.165, 1.54) is 13.1 Å². The molecular weight excluding hydrogens is 258 g/mol. The third kappa shape index (κ3) is 2.97. The average molecular weight is 271 g/mol. The Bertz CT molecular complexity index is 734. The predicted molar refractivity (Wildman–Crippen MR) is 74.0 cm³/mol. The van der Waals surface area contributed by atoms with Crippen molar-refractivity contribution in [2.75, 3.05) is 5.32 Å². The Morgan fingerprint density at radius 2 is 2.05 bits per heavy atom. The Balaban J connectivity index is 2.25. The monoisotopic (exact) mass is 271 g/mol. The number of aromatic nitrogens is 2. The van der Waals surface area contributed by atoms with Gasteiger partial charge < -0.3 is 10.3 Å². The molecule has 0 aliphatic carbocycles. The number of aromatic amines is 1. The minimum Gasteiger partial charge on any atom is -0.322 e. The van der Waals surface area contributed by atoms with Crippen LogP contribution in [0.25, 0.3) is 0 Å². The lowest BCUT2D eigenvalue weighted by Crippen LogP contribution is -2.24. The van der Waals surface area contributed by atoms with E-state index in [-0.39, 0.29) is 11.3 Å². The average Bonchev–Trinajstić information content (AvgIpc) is 2.38. The molecule has 1 heterocycles. The zero-order valence-corrected chi connectivity index (χ0v) is 11.1. The van der Waals surface area contributed by atoms with Gasteiger partial charge in [0.2, 0.25) is 0 Å². The van der Waals surface area contributed by atoms with Crippen molar-refractivity contribution in [3.05, 3.63) is 57.8 Å². The summed E-state index contributed by atoms with van der Waals surface area (Å²) in [4.78, 5) is 41.2. The highest BCUT2D eigenvalue weighted by Gasteiger charge is 2.12. The van der Waals surface area contributed by atoms with Gasteiger partial charge in [0.05, 0.1) is 0 Å². The number of carbonyl (C=O) groups is 2. The first-order chi connectivity index (χ1) is 9.47. The maximum absolute atomic E-state index is 12.0. The molecule has 2 rings (SSSR count). The molecule has 6 heteroatoms. The molecule has 0 atom stereocenters. The topological polar surface area (TPSA) is 91.9 Å². The maximum atomic E-state index is 12.0. The Morgan fingerprint density at radius 1 is 1.30 bits per heavy atom. The number of nitrogens with zero attached hydrogens (tertiary/aromatic N) is 1. The number of rotatable bonds is 3. The van der Waals surface area contributed by atoms with Crippen molar-refractivity contribution in [3.8, 4) is 0 Å². The van der Waals surface area contributed by atoms with E-state index < -0.39 is 11.5 Å². The third-order valence-electron chi connectivity index (χ3n) is 2.70. The molecule has 20 heavy (non-hydrogen) atoms. The maximum Gasteiger partial charge on any atom is 0.263 e. The van der Waals surface area contributed by atoms with Crippen molar-refractivity contribution in [1.29, 1.82) is 0 Å². The Morgan fingerprint density at radius 3 is 2.70 bits per heavy atom. The highest BCUT2D eigenvalue weighted by molar-refractivity contribution is 6.04. The van der Waals surface area contributed by atoms with E-state index in [1.54, 1.807) is 31.2 Å². The molecule has 1 aromatic carbocycles. The minimum absolute atomic E-state index is 0.0798. The number of anilines is 1. The molecule has 2 N–H and O–H groups in total. The summed E-state index contributed by atoms with van der Waals surface area (Å²) in [5, 5.41) is 2.56. The number of aryl methyl sites for hydroxylation is 1. The van der Waals surface area contributed by atoms with Crippen LogP contribution in [0.15, 0.2) is 35.3 Å². The number of nitrogens with one attached hydrogen (secondary N) is 2. The number of hydrogen-bond acceptors (Lipinski definition) is 4. The van der Waals surface area contributed by atoms with Gasteiger partial charge in [0.15, 0.2) is 5.78 Å². The quantitative estimate of drug-likeness (QED) is 0.828. The van der Waals surface area contributed by atoms with E-state index in [0.29, 0.717) is 17.1 Å². The smallest absolute Gasteiger partial charge is 0.263 e. The number of carbonyl (C=O) groups excluding carboxylic acids is 2. The third-order valence-corrected chi connectivity index (χ3v) is 2.70. The van der Waals surface area contributed by atoms with E-state index in [0.717, 1.165) is 0 Å². The number of amides is 1. The first-order valence-electron chi connectivity index (χ1n) is 5.95. The van der Waals surface area contributed by atoms with Crippen LogP contribution in [0.1, 0.15) is 33.5 Å². The van der Waals surface area contributed by atoms with Crippen LogP contribution in [0.5, 0.6) is 0 Å². The summed E-state index contributed by atoms with van der Waals surface area (Å²) in [6.45, 7) is 3.06. The van der Waals surface area contributed by atoms with Gasteiger partial charge in [-0.15, -0.1) is 0 Å². The minimum atomic E-state index is -0.570. The number of H-pyrrole nitrogens is 1. The predicted octanol–water partition coefficient (Wildman–Crippen LogP) is 1.53. The second-order valence-electron chi connectivity index (χ2n) is 4.30. The van der Waals surface area contributed by atoms with Gasteiger partial charge >= 0.3 is 0 Å². The zero-order chi connectivity index (χ0) is 14.7. The van der Waals surface area contributed by atoms with Crippen LogP contribution in [0.3, 0.4) is 0 Å². The lowest BCUT2D eigenvalue weighted by atomic mass is 10.1. The first-order valence-corrected chi connectivity index (χ1v) is 5.95. The van der Waals surface area contributed by atoms with E-state index in [4.69, 9.17) is 0 Å². The van der Waals surface area contributed by atoms with Crippen LogP contribution >= 0.6 is 0 Å². The molecule has 0 saturated heterocycles. The fraction of sp³-hybridized carbons (Fsp3) is 0.143. The van der Waals surface area contributed by atoms with Gasteiger partial charge in [-0.25, -0.2) is 4.98 Å². The van der Waals surface area contributed by atoms with Gasteiger partial charge in [-0.2, -0.15) is 0 Å². The van der Waals surface area contributed by atoms with Crippen LogP contribution in [0.2, 0.25) is 0 Å². The molecule has 0 unspecified atom stereocenters. The number of hydrogen-bond donors (Lipinski definition) is 2. The van der Waals surface area contributed by atoms with Crippen molar-refractivity contribution < 1.29 is 9.59 Å². The fourth-order valence-electron chi connectivity index (χ4n) is 1.66. The molecule has 0 spiro atoms. The normalized spacial score (nSPS) is 10.1. The van der Waals surface area contributed by atoms with Gasteiger partial charge in [-0.1, -0.05) is 12.1 Å². The van der Waals surface area contributed by atoms with Crippen LogP contribution in [-0.4, -0.2) is 21.7 Å². The fourth-order valence-corrected chi connectivity index (χ4v) is 1.66. The van der Waals surface area contributed by atoms with Gasteiger partial charge in [0.25, 0.3) is 11.5 Å². The van der Waals surface area contributed by atoms with Crippen molar-refractivity contribution in [2.24, 2.45) is 0 Å². The van der Waals surface area contributed by atoms with Gasteiger partial charge in [0.1, 0.15) is 11.4 Å². The van der Waals surface area contributed by atoms with Crippen LogP contribution in [0, 0.1) is 6.92 Å². The summed E-state index contributed by atoms with van der Waals surface area (Å²) in [5.41, 5.74) is 0.350. The molecule has 102 valence electrons. The van der Waals surface area contributed by atoms with E-state index >= 15 is 0 Å². The SMILES string of the molecule is CC(=O)c1cccc(NC(=O)c2cnc(C)[nH]c2=O)c1. The lowest BCUT2D eigenvalue weighted by molar-refractivity contribution is 0.101. The van der Waals surface area contributed by atoms with Gasteiger partial charge in [-0.05, 0) is 26.0 Å². The zero-order valence-electron chi connectivity index (χ0n) is 11.1. The van der Waals surface area contributed by atoms with Crippen molar-refractivity contribution >= 4 is 17.4 Å². The molecule has 0 aliphatic rings. The number of benzene rings is 1. The summed E-state index contributed by atoms with van der Waals surface area (Å²) in [5.74, 6) is -0.236. The van der Waals surface area contributed by atoms with Crippen molar-refractivity contribution in [1.82, 2.24) is 9.97 Å². The first kappa shape index (κ1) is 13.7. The second-order valence-corrected chi connectivity index (χ2v) is 4.30. The number of ketones is 1. The Kier molecular flexibility index (Phi) is 3.74. The summed E-state index contributed by atoms with van der Waals surface area (Å²) in [7, 11) is 0. The molecule has 2 aromatic rings. The van der Waals surface area contributed by atoms with E-state index in [1.807, 2.05) is 0 Å². The van der Waals surface area contributed by atoms with Crippen molar-refractivity contribution in [3.63, 3.8) is 0 Å². The molecule has 0 radical (unpaired) electrons. The second kappa shape index (κ2) is 5.48. The Labute approximate surface area is 114 Å². The molecular formula is C14H13N3O3. The molecule has 6 nitrogen and oxygen atoms in total. The Hall–Kier alpha value is -2.76. The van der Waals surface area contributed by atoms with Crippen LogP contribution in [0.4, 0.5) is 5.69 Å². The van der Waals surface area contributed by atoms with Crippen molar-refractivity contribution in [2.45, 2.75) is 13.8 Å². The highest BCUT2D eigenvalue weighted by Crippen LogP contribution is 2.11. The van der Waals surface area contributed by atoms with Gasteiger partial charge in [-0.3, -0.25) is 14.4 Å². The largest absolute Gasteiger partial charge is 0.322 e. The molecule has 0 bridgehead atoms. The molecule has 1 aromatic heterocycles. The summed E-state index contributed by atoms with van der Waals surface area (Å²) >= 11 is 0. The van der Waals surface area contributed by atoms with Crippen LogP contribution < -0.4 is 10.9 Å². The lowest BCUT2D eigenvalue weighted by Gasteiger charge is -2.05.